The molecule has 1 aromatic heterocycles. The topological polar surface area (TPSA) is 96.8 Å². The molecule has 0 saturated heterocycles. The van der Waals surface area contributed by atoms with Crippen LogP contribution in [-0.4, -0.2) is 22.0 Å². The van der Waals surface area contributed by atoms with Gasteiger partial charge in [-0.2, -0.15) is 0 Å². The van der Waals surface area contributed by atoms with Crippen LogP contribution in [0.1, 0.15) is 23.6 Å². The van der Waals surface area contributed by atoms with Gasteiger partial charge in [0.1, 0.15) is 11.3 Å². The Labute approximate surface area is 165 Å². The summed E-state index contributed by atoms with van der Waals surface area (Å²) in [5.74, 6) is 0.0898. The van der Waals surface area contributed by atoms with Crippen molar-refractivity contribution < 1.29 is 14.4 Å². The summed E-state index contributed by atoms with van der Waals surface area (Å²) in [6, 6.07) is 9.01. The van der Waals surface area contributed by atoms with Gasteiger partial charge in [0.05, 0.1) is 4.92 Å². The summed E-state index contributed by atoms with van der Waals surface area (Å²) in [7, 11) is 1.83. The molecule has 7 nitrogen and oxygen atoms in total. The van der Waals surface area contributed by atoms with E-state index in [-0.39, 0.29) is 11.4 Å². The fourth-order valence-electron chi connectivity index (χ4n) is 3.15. The first-order valence-corrected chi connectivity index (χ1v) is 9.06. The molecule has 146 valence electrons. The Hall–Kier alpha value is -2.90. The normalized spacial score (nSPS) is 11.3. The minimum atomic E-state index is -0.507. The number of nitrogens with zero attached hydrogens (tertiary/aromatic N) is 2. The quantitative estimate of drug-likeness (QED) is 0.376. The lowest BCUT2D eigenvalue weighted by Crippen LogP contribution is -2.19. The van der Waals surface area contributed by atoms with Crippen LogP contribution in [0.4, 0.5) is 5.69 Å². The zero-order chi connectivity index (χ0) is 20.4. The van der Waals surface area contributed by atoms with E-state index in [1.165, 1.54) is 30.3 Å². The van der Waals surface area contributed by atoms with Crippen LogP contribution in [0.2, 0.25) is 5.02 Å². The van der Waals surface area contributed by atoms with Crippen LogP contribution in [0, 0.1) is 10.1 Å². The second-order valence-corrected chi connectivity index (χ2v) is 7.03. The predicted octanol–water partition coefficient (Wildman–Crippen LogP) is 4.25. The first-order valence-electron chi connectivity index (χ1n) is 8.68. The number of aryl methyl sites for hydroxylation is 1. The van der Waals surface area contributed by atoms with E-state index < -0.39 is 10.5 Å². The maximum Gasteiger partial charge on any atom is 0.336 e. The number of aromatic hydroxyl groups is 1. The highest BCUT2D eigenvalue weighted by Crippen LogP contribution is 2.28. The van der Waals surface area contributed by atoms with Crippen molar-refractivity contribution in [2.24, 2.45) is 0 Å². The predicted molar refractivity (Wildman–Crippen MR) is 107 cm³/mol. The van der Waals surface area contributed by atoms with E-state index >= 15 is 0 Å². The third-order valence-electron chi connectivity index (χ3n) is 4.53. The number of phenols is 1. The molecule has 0 saturated carbocycles. The molecule has 0 fully saturated rings. The van der Waals surface area contributed by atoms with Crippen molar-refractivity contribution in [1.29, 1.82) is 0 Å². The van der Waals surface area contributed by atoms with Crippen molar-refractivity contribution in [1.82, 2.24) is 4.90 Å². The maximum absolute atomic E-state index is 11.9. The second kappa shape index (κ2) is 8.00. The van der Waals surface area contributed by atoms with Crippen molar-refractivity contribution in [3.63, 3.8) is 0 Å². The third kappa shape index (κ3) is 4.16. The zero-order valence-corrected chi connectivity index (χ0v) is 16.2. The third-order valence-corrected chi connectivity index (χ3v) is 4.90. The second-order valence-electron chi connectivity index (χ2n) is 6.63. The average molecular weight is 403 g/mol. The molecule has 0 bridgehead atoms. The van der Waals surface area contributed by atoms with Crippen LogP contribution in [-0.2, 0) is 19.5 Å². The Bertz CT molecular complexity index is 1110. The number of hydrogen-bond acceptors (Lipinski definition) is 6. The molecule has 0 spiro atoms. The molecule has 0 aliphatic heterocycles. The molecule has 0 aliphatic rings. The highest BCUT2D eigenvalue weighted by Gasteiger charge is 2.14. The molecule has 0 atom stereocenters. The van der Waals surface area contributed by atoms with E-state index in [9.17, 15) is 20.0 Å². The molecule has 0 amide bonds. The first kappa shape index (κ1) is 19.9. The Morgan fingerprint density at radius 1 is 1.14 bits per heavy atom. The highest BCUT2D eigenvalue weighted by atomic mass is 35.5. The molecular weight excluding hydrogens is 384 g/mol. The van der Waals surface area contributed by atoms with E-state index in [2.05, 4.69) is 0 Å². The van der Waals surface area contributed by atoms with E-state index in [0.29, 0.717) is 35.7 Å². The van der Waals surface area contributed by atoms with E-state index in [1.54, 1.807) is 0 Å². The van der Waals surface area contributed by atoms with Crippen molar-refractivity contribution in [2.75, 3.05) is 7.05 Å². The van der Waals surface area contributed by atoms with E-state index in [1.807, 2.05) is 24.9 Å². The van der Waals surface area contributed by atoms with Gasteiger partial charge in [0, 0.05) is 47.8 Å². The fraction of sp³-hybridized carbons (Fsp3) is 0.250. The summed E-state index contributed by atoms with van der Waals surface area (Å²) < 4.78 is 5.21. The van der Waals surface area contributed by atoms with Gasteiger partial charge in [-0.15, -0.1) is 0 Å². The summed E-state index contributed by atoms with van der Waals surface area (Å²) >= 11 is 6.18. The molecular formula is C20H19ClN2O5. The number of benzene rings is 2. The standard InChI is InChI=1S/C20H19ClN2O5/c1-3-12-7-16-13(8-20(25)28-19(16)9-18(12)24)10-22(2)11-14-6-15(23(26)27)4-5-17(14)21/h4-9,24H,3,10-11H2,1-2H3. The van der Waals surface area contributed by atoms with Gasteiger partial charge in [-0.1, -0.05) is 18.5 Å². The van der Waals surface area contributed by atoms with Crippen LogP contribution >= 0.6 is 11.6 Å². The number of phenolic OH excluding ortho intramolecular Hbond substituents is 1. The zero-order valence-electron chi connectivity index (χ0n) is 15.4. The van der Waals surface area contributed by atoms with Gasteiger partial charge in [-0.25, -0.2) is 4.79 Å². The molecule has 1 N–H and O–H groups in total. The molecule has 0 aliphatic carbocycles. The van der Waals surface area contributed by atoms with Crippen LogP contribution < -0.4 is 5.63 Å². The molecule has 3 rings (SSSR count). The van der Waals surface area contributed by atoms with Gasteiger partial charge in [0.25, 0.3) is 5.69 Å². The molecule has 2 aromatic carbocycles. The molecule has 3 aromatic rings. The minimum Gasteiger partial charge on any atom is -0.508 e. The van der Waals surface area contributed by atoms with Gasteiger partial charge in [0.2, 0.25) is 0 Å². The van der Waals surface area contributed by atoms with Gasteiger partial charge in [0.15, 0.2) is 0 Å². The van der Waals surface area contributed by atoms with Crippen LogP contribution in [0.15, 0.2) is 45.6 Å². The smallest absolute Gasteiger partial charge is 0.336 e. The molecule has 1 heterocycles. The van der Waals surface area contributed by atoms with E-state index in [0.717, 1.165) is 16.5 Å². The lowest BCUT2D eigenvalue weighted by Gasteiger charge is -2.18. The number of hydrogen-bond donors (Lipinski definition) is 1. The van der Waals surface area contributed by atoms with Crippen molar-refractivity contribution >= 4 is 28.3 Å². The Morgan fingerprint density at radius 2 is 1.86 bits per heavy atom. The summed E-state index contributed by atoms with van der Waals surface area (Å²) in [4.78, 5) is 24.4. The van der Waals surface area contributed by atoms with Gasteiger partial charge >= 0.3 is 5.63 Å². The monoisotopic (exact) mass is 402 g/mol. The molecule has 0 unspecified atom stereocenters. The maximum atomic E-state index is 11.9. The van der Waals surface area contributed by atoms with Crippen LogP contribution in [0.25, 0.3) is 11.0 Å². The Kier molecular flexibility index (Phi) is 5.67. The number of halogens is 1. The highest BCUT2D eigenvalue weighted by molar-refractivity contribution is 6.31. The van der Waals surface area contributed by atoms with Gasteiger partial charge < -0.3 is 9.52 Å². The lowest BCUT2D eigenvalue weighted by atomic mass is 10.0. The molecule has 8 heteroatoms. The Morgan fingerprint density at radius 3 is 2.54 bits per heavy atom. The SMILES string of the molecule is CCc1cc2c(CN(C)Cc3cc([N+](=O)[O-])ccc3Cl)cc(=O)oc2cc1O. The minimum absolute atomic E-state index is 0.0262. The van der Waals surface area contributed by atoms with Crippen molar-refractivity contribution in [2.45, 2.75) is 26.4 Å². The average Bonchev–Trinajstić information content (AvgIpc) is 2.62. The Balaban J connectivity index is 1.93. The number of nitro benzene ring substituents is 1. The first-order chi connectivity index (χ1) is 13.3. The summed E-state index contributed by atoms with van der Waals surface area (Å²) in [6.07, 6.45) is 0.638. The summed E-state index contributed by atoms with van der Waals surface area (Å²) in [5.41, 5.74) is 1.91. The number of rotatable bonds is 6. The van der Waals surface area contributed by atoms with Crippen molar-refractivity contribution in [3.05, 3.63) is 78.6 Å². The summed E-state index contributed by atoms with van der Waals surface area (Å²) in [6.45, 7) is 2.69. The van der Waals surface area contributed by atoms with E-state index in [4.69, 9.17) is 16.0 Å². The summed E-state index contributed by atoms with van der Waals surface area (Å²) in [5, 5.41) is 22.2. The van der Waals surface area contributed by atoms with Gasteiger partial charge in [-0.05, 0) is 42.3 Å². The number of nitro groups is 1. The van der Waals surface area contributed by atoms with Crippen molar-refractivity contribution in [3.8, 4) is 5.75 Å². The van der Waals surface area contributed by atoms with Crippen LogP contribution in [0.5, 0.6) is 5.75 Å². The van der Waals surface area contributed by atoms with Crippen LogP contribution in [0.3, 0.4) is 0 Å². The number of fused-ring (bicyclic) bond motifs is 1. The molecule has 0 radical (unpaired) electrons. The molecule has 28 heavy (non-hydrogen) atoms. The number of non-ortho nitro benzene ring substituents is 1. The van der Waals surface area contributed by atoms with Gasteiger partial charge in [-0.3, -0.25) is 15.0 Å². The lowest BCUT2D eigenvalue weighted by molar-refractivity contribution is -0.384. The fourth-order valence-corrected chi connectivity index (χ4v) is 3.33. The largest absolute Gasteiger partial charge is 0.508 e.